The Morgan fingerprint density at radius 1 is 1.56 bits per heavy atom. The Morgan fingerprint density at radius 2 is 2.38 bits per heavy atom. The van der Waals surface area contributed by atoms with Crippen molar-refractivity contribution in [3.8, 4) is 0 Å². The number of pyridine rings is 1. The first-order valence-corrected chi connectivity index (χ1v) is 5.02. The van der Waals surface area contributed by atoms with Gasteiger partial charge in [-0.1, -0.05) is 17.7 Å². The van der Waals surface area contributed by atoms with Crippen LogP contribution < -0.4 is 0 Å². The molecule has 4 nitrogen and oxygen atoms in total. The minimum Gasteiger partial charge on any atom is -0.477 e. The summed E-state index contributed by atoms with van der Waals surface area (Å²) in [6, 6.07) is 5.12. The third-order valence-corrected chi connectivity index (χ3v) is 2.36. The summed E-state index contributed by atoms with van der Waals surface area (Å²) < 4.78 is 1.58. The molecule has 0 fully saturated rings. The Labute approximate surface area is 97.1 Å². The van der Waals surface area contributed by atoms with Crippen molar-refractivity contribution in [3.05, 3.63) is 53.1 Å². The van der Waals surface area contributed by atoms with Gasteiger partial charge < -0.3 is 9.67 Å². The molecule has 2 heterocycles. The highest BCUT2D eigenvalue weighted by Gasteiger charge is 2.11. The van der Waals surface area contributed by atoms with Crippen molar-refractivity contribution in [1.82, 2.24) is 9.55 Å². The molecule has 0 aliphatic rings. The molecule has 0 bridgehead atoms. The molecule has 0 atom stereocenters. The quantitative estimate of drug-likeness (QED) is 0.890. The Balaban J connectivity index is 2.31. The van der Waals surface area contributed by atoms with E-state index in [-0.39, 0.29) is 5.69 Å². The van der Waals surface area contributed by atoms with E-state index in [9.17, 15) is 4.79 Å². The summed E-state index contributed by atoms with van der Waals surface area (Å²) in [6.45, 7) is 0.447. The van der Waals surface area contributed by atoms with Crippen molar-refractivity contribution in [2.45, 2.75) is 6.54 Å². The predicted molar refractivity (Wildman–Crippen MR) is 59.7 cm³/mol. The van der Waals surface area contributed by atoms with Gasteiger partial charge in [-0.15, -0.1) is 0 Å². The zero-order valence-corrected chi connectivity index (χ0v) is 9.05. The Bertz CT molecular complexity index is 508. The van der Waals surface area contributed by atoms with Crippen molar-refractivity contribution in [3.63, 3.8) is 0 Å². The van der Waals surface area contributed by atoms with E-state index >= 15 is 0 Å². The Morgan fingerprint density at radius 3 is 3.00 bits per heavy atom. The lowest BCUT2D eigenvalue weighted by atomic mass is 10.3. The molecule has 16 heavy (non-hydrogen) atoms. The molecular weight excluding hydrogens is 228 g/mol. The maximum Gasteiger partial charge on any atom is 0.352 e. The van der Waals surface area contributed by atoms with Gasteiger partial charge in [-0.2, -0.15) is 0 Å². The monoisotopic (exact) mass is 236 g/mol. The van der Waals surface area contributed by atoms with Crippen LogP contribution in [0.2, 0.25) is 5.02 Å². The van der Waals surface area contributed by atoms with Crippen LogP contribution in [0.5, 0.6) is 0 Å². The van der Waals surface area contributed by atoms with Gasteiger partial charge in [0, 0.05) is 25.1 Å². The second kappa shape index (κ2) is 4.37. The zero-order chi connectivity index (χ0) is 11.5. The van der Waals surface area contributed by atoms with Gasteiger partial charge in [0.1, 0.15) is 5.69 Å². The van der Waals surface area contributed by atoms with Crippen molar-refractivity contribution in [1.29, 1.82) is 0 Å². The Kier molecular flexibility index (Phi) is 2.92. The smallest absolute Gasteiger partial charge is 0.352 e. The average molecular weight is 237 g/mol. The molecular formula is C11H9ClN2O2. The van der Waals surface area contributed by atoms with Crippen LogP contribution in [0.15, 0.2) is 36.8 Å². The van der Waals surface area contributed by atoms with Crippen molar-refractivity contribution >= 4 is 17.6 Å². The maximum absolute atomic E-state index is 10.9. The molecule has 0 aromatic carbocycles. The van der Waals surface area contributed by atoms with E-state index in [1.807, 2.05) is 6.07 Å². The zero-order valence-electron chi connectivity index (χ0n) is 8.30. The normalized spacial score (nSPS) is 10.3. The number of aromatic nitrogens is 2. The van der Waals surface area contributed by atoms with Gasteiger partial charge in [0.05, 0.1) is 5.02 Å². The van der Waals surface area contributed by atoms with Crippen LogP contribution in [-0.4, -0.2) is 20.6 Å². The van der Waals surface area contributed by atoms with Crippen molar-refractivity contribution in [2.24, 2.45) is 0 Å². The van der Waals surface area contributed by atoms with Crippen LogP contribution in [0.25, 0.3) is 0 Å². The summed E-state index contributed by atoms with van der Waals surface area (Å²) in [5, 5.41) is 9.38. The number of rotatable bonds is 3. The first-order valence-electron chi connectivity index (χ1n) is 4.64. The van der Waals surface area contributed by atoms with Gasteiger partial charge in [-0.3, -0.25) is 4.98 Å². The highest BCUT2D eigenvalue weighted by Crippen LogP contribution is 2.15. The first kappa shape index (κ1) is 10.7. The average Bonchev–Trinajstić information content (AvgIpc) is 2.61. The van der Waals surface area contributed by atoms with Gasteiger partial charge in [0.15, 0.2) is 0 Å². The molecule has 0 amide bonds. The Hall–Kier alpha value is -1.81. The van der Waals surface area contributed by atoms with Crippen molar-refractivity contribution < 1.29 is 9.90 Å². The molecule has 0 saturated heterocycles. The number of halogens is 1. The molecule has 82 valence electrons. The van der Waals surface area contributed by atoms with E-state index in [1.165, 1.54) is 6.07 Å². The van der Waals surface area contributed by atoms with Crippen LogP contribution in [0, 0.1) is 0 Å². The van der Waals surface area contributed by atoms with E-state index < -0.39 is 5.97 Å². The molecule has 2 rings (SSSR count). The minimum absolute atomic E-state index is 0.175. The number of nitrogens with zero attached hydrogens (tertiary/aromatic N) is 2. The van der Waals surface area contributed by atoms with Crippen LogP contribution in [0.4, 0.5) is 0 Å². The van der Waals surface area contributed by atoms with Gasteiger partial charge in [0.2, 0.25) is 0 Å². The summed E-state index contributed by atoms with van der Waals surface area (Å²) in [5.41, 5.74) is 1.10. The predicted octanol–water partition coefficient (Wildman–Crippen LogP) is 2.28. The van der Waals surface area contributed by atoms with E-state index in [0.717, 1.165) is 5.56 Å². The molecule has 0 unspecified atom stereocenters. The number of carboxylic acids is 1. The SMILES string of the molecule is O=C(O)c1cc(Cl)cn1Cc1cccnc1. The van der Waals surface area contributed by atoms with Crippen LogP contribution in [0.3, 0.4) is 0 Å². The van der Waals surface area contributed by atoms with Gasteiger partial charge in [-0.05, 0) is 17.7 Å². The number of aromatic carboxylic acids is 1. The summed E-state index contributed by atoms with van der Waals surface area (Å²) in [7, 11) is 0. The third kappa shape index (κ3) is 2.23. The van der Waals surface area contributed by atoms with E-state index in [2.05, 4.69) is 4.98 Å². The second-order valence-corrected chi connectivity index (χ2v) is 3.77. The second-order valence-electron chi connectivity index (χ2n) is 3.34. The topological polar surface area (TPSA) is 55.1 Å². The van der Waals surface area contributed by atoms with Gasteiger partial charge >= 0.3 is 5.97 Å². The molecule has 1 N–H and O–H groups in total. The van der Waals surface area contributed by atoms with Gasteiger partial charge in [-0.25, -0.2) is 4.79 Å². The number of hydrogen-bond donors (Lipinski definition) is 1. The minimum atomic E-state index is -0.990. The standard InChI is InChI=1S/C11H9ClN2O2/c12-9-4-10(11(15)16)14(7-9)6-8-2-1-3-13-5-8/h1-5,7H,6H2,(H,15,16). The van der Waals surface area contributed by atoms with Crippen LogP contribution in [0.1, 0.15) is 16.1 Å². The van der Waals surface area contributed by atoms with Gasteiger partial charge in [0.25, 0.3) is 0 Å². The van der Waals surface area contributed by atoms with E-state index in [4.69, 9.17) is 16.7 Å². The lowest BCUT2D eigenvalue weighted by molar-refractivity contribution is 0.0685. The summed E-state index contributed by atoms with van der Waals surface area (Å²) in [6.07, 6.45) is 4.96. The summed E-state index contributed by atoms with van der Waals surface area (Å²) in [4.78, 5) is 14.9. The fourth-order valence-electron chi connectivity index (χ4n) is 1.47. The van der Waals surface area contributed by atoms with Crippen molar-refractivity contribution in [2.75, 3.05) is 0 Å². The number of carboxylic acid groups (broad SMARTS) is 1. The van der Waals surface area contributed by atoms with E-state index in [0.29, 0.717) is 11.6 Å². The number of hydrogen-bond acceptors (Lipinski definition) is 2. The molecule has 2 aromatic heterocycles. The highest BCUT2D eigenvalue weighted by atomic mass is 35.5. The molecule has 5 heteroatoms. The lowest BCUT2D eigenvalue weighted by Crippen LogP contribution is -2.08. The summed E-state index contributed by atoms with van der Waals surface area (Å²) >= 11 is 5.78. The fourth-order valence-corrected chi connectivity index (χ4v) is 1.69. The molecule has 0 radical (unpaired) electrons. The lowest BCUT2D eigenvalue weighted by Gasteiger charge is -2.05. The molecule has 2 aromatic rings. The first-order chi connectivity index (χ1) is 7.66. The highest BCUT2D eigenvalue weighted by molar-refractivity contribution is 6.30. The van der Waals surface area contributed by atoms with E-state index in [1.54, 1.807) is 29.2 Å². The van der Waals surface area contributed by atoms with Crippen LogP contribution in [-0.2, 0) is 6.54 Å². The maximum atomic E-state index is 10.9. The number of carbonyl (C=O) groups is 1. The fraction of sp³-hybridized carbons (Fsp3) is 0.0909. The summed E-state index contributed by atoms with van der Waals surface area (Å²) in [5.74, 6) is -0.990. The molecule has 0 spiro atoms. The third-order valence-electron chi connectivity index (χ3n) is 2.16. The van der Waals surface area contributed by atoms with Crippen LogP contribution >= 0.6 is 11.6 Å². The molecule has 0 saturated carbocycles. The largest absolute Gasteiger partial charge is 0.477 e. The molecule has 0 aliphatic heterocycles. The molecule has 0 aliphatic carbocycles.